The van der Waals surface area contributed by atoms with Gasteiger partial charge in [-0.15, -0.1) is 0 Å². The summed E-state index contributed by atoms with van der Waals surface area (Å²) in [4.78, 5) is 11.6. The Morgan fingerprint density at radius 2 is 2.16 bits per heavy atom. The first-order chi connectivity index (χ1) is 9.10. The van der Waals surface area contributed by atoms with Gasteiger partial charge in [-0.05, 0) is 31.0 Å². The fourth-order valence-electron chi connectivity index (χ4n) is 1.58. The SMILES string of the molecule is CC[C@H](CO)NC(=O)COc1ccc(C)cc1OC. The van der Waals surface area contributed by atoms with Gasteiger partial charge in [-0.2, -0.15) is 0 Å². The van der Waals surface area contributed by atoms with Crippen LogP contribution in [0.5, 0.6) is 11.5 Å². The molecule has 0 bridgehead atoms. The number of rotatable bonds is 7. The maximum absolute atomic E-state index is 11.6. The van der Waals surface area contributed by atoms with Crippen molar-refractivity contribution in [2.45, 2.75) is 26.3 Å². The van der Waals surface area contributed by atoms with E-state index in [1.54, 1.807) is 13.2 Å². The van der Waals surface area contributed by atoms with Crippen LogP contribution in [0.1, 0.15) is 18.9 Å². The molecule has 0 fully saturated rings. The molecule has 106 valence electrons. The highest BCUT2D eigenvalue weighted by Crippen LogP contribution is 2.27. The number of benzene rings is 1. The second-order valence-electron chi connectivity index (χ2n) is 4.30. The van der Waals surface area contributed by atoms with Crippen LogP contribution in [0.4, 0.5) is 0 Å². The summed E-state index contributed by atoms with van der Waals surface area (Å²) in [5.74, 6) is 0.867. The molecule has 1 aromatic rings. The van der Waals surface area contributed by atoms with Crippen molar-refractivity contribution < 1.29 is 19.4 Å². The molecule has 5 nitrogen and oxygen atoms in total. The van der Waals surface area contributed by atoms with E-state index >= 15 is 0 Å². The molecule has 0 aliphatic carbocycles. The lowest BCUT2D eigenvalue weighted by atomic mass is 10.2. The van der Waals surface area contributed by atoms with E-state index in [1.165, 1.54) is 0 Å². The van der Waals surface area contributed by atoms with Crippen LogP contribution < -0.4 is 14.8 Å². The van der Waals surface area contributed by atoms with E-state index in [-0.39, 0.29) is 25.2 Å². The van der Waals surface area contributed by atoms with Crippen LogP contribution in [0, 0.1) is 6.92 Å². The molecule has 0 aliphatic rings. The van der Waals surface area contributed by atoms with Crippen LogP contribution in [0.15, 0.2) is 18.2 Å². The van der Waals surface area contributed by atoms with E-state index in [4.69, 9.17) is 14.6 Å². The molecular formula is C14H21NO4. The van der Waals surface area contributed by atoms with E-state index in [0.717, 1.165) is 5.56 Å². The van der Waals surface area contributed by atoms with Gasteiger partial charge in [-0.1, -0.05) is 13.0 Å². The molecule has 0 unspecified atom stereocenters. The second-order valence-corrected chi connectivity index (χ2v) is 4.30. The van der Waals surface area contributed by atoms with Crippen molar-refractivity contribution >= 4 is 5.91 Å². The number of methoxy groups -OCH3 is 1. The minimum absolute atomic E-state index is 0.0733. The predicted molar refractivity (Wildman–Crippen MR) is 72.5 cm³/mol. The quantitative estimate of drug-likeness (QED) is 0.780. The molecule has 0 aliphatic heterocycles. The summed E-state index contributed by atoms with van der Waals surface area (Å²) in [5, 5.41) is 11.7. The largest absolute Gasteiger partial charge is 0.493 e. The van der Waals surface area contributed by atoms with Crippen LogP contribution in [0.3, 0.4) is 0 Å². The van der Waals surface area contributed by atoms with E-state index in [0.29, 0.717) is 17.9 Å². The van der Waals surface area contributed by atoms with Crippen molar-refractivity contribution in [3.63, 3.8) is 0 Å². The monoisotopic (exact) mass is 267 g/mol. The number of nitrogens with one attached hydrogen (secondary N) is 1. The molecule has 2 N–H and O–H groups in total. The summed E-state index contributed by atoms with van der Waals surface area (Å²) < 4.78 is 10.6. The summed E-state index contributed by atoms with van der Waals surface area (Å²) in [6.07, 6.45) is 0.677. The van der Waals surface area contributed by atoms with Crippen molar-refractivity contribution in [2.75, 3.05) is 20.3 Å². The molecular weight excluding hydrogens is 246 g/mol. The number of aliphatic hydroxyl groups excluding tert-OH is 1. The van der Waals surface area contributed by atoms with Crippen molar-refractivity contribution in [2.24, 2.45) is 0 Å². The number of aliphatic hydroxyl groups is 1. The zero-order valence-electron chi connectivity index (χ0n) is 11.6. The van der Waals surface area contributed by atoms with Crippen molar-refractivity contribution in [3.05, 3.63) is 23.8 Å². The van der Waals surface area contributed by atoms with Gasteiger partial charge in [0.2, 0.25) is 0 Å². The van der Waals surface area contributed by atoms with Gasteiger partial charge in [0, 0.05) is 0 Å². The highest BCUT2D eigenvalue weighted by Gasteiger charge is 2.11. The number of hydrogen-bond acceptors (Lipinski definition) is 4. The van der Waals surface area contributed by atoms with Gasteiger partial charge in [-0.25, -0.2) is 0 Å². The molecule has 19 heavy (non-hydrogen) atoms. The normalized spacial score (nSPS) is 11.8. The molecule has 0 radical (unpaired) electrons. The molecule has 0 spiro atoms. The molecule has 1 atom stereocenters. The first kappa shape index (κ1) is 15.3. The van der Waals surface area contributed by atoms with E-state index < -0.39 is 0 Å². The smallest absolute Gasteiger partial charge is 0.258 e. The number of hydrogen-bond donors (Lipinski definition) is 2. The van der Waals surface area contributed by atoms with Gasteiger partial charge < -0.3 is 19.9 Å². The third-order valence-corrected chi connectivity index (χ3v) is 2.76. The Kier molecular flexibility index (Phi) is 6.15. The molecule has 0 saturated heterocycles. The van der Waals surface area contributed by atoms with E-state index in [2.05, 4.69) is 5.32 Å². The lowest BCUT2D eigenvalue weighted by Gasteiger charge is -2.15. The molecule has 1 rings (SSSR count). The number of ether oxygens (including phenoxy) is 2. The van der Waals surface area contributed by atoms with Gasteiger partial charge in [0.1, 0.15) is 0 Å². The Morgan fingerprint density at radius 1 is 1.42 bits per heavy atom. The number of amides is 1. The fourth-order valence-corrected chi connectivity index (χ4v) is 1.58. The summed E-state index contributed by atoms with van der Waals surface area (Å²) in [6, 6.07) is 5.27. The standard InChI is InChI=1S/C14H21NO4/c1-4-11(8-16)15-14(17)9-19-12-6-5-10(2)7-13(12)18-3/h5-7,11,16H,4,8-9H2,1-3H3,(H,15,17)/t11-/m1/s1. The Morgan fingerprint density at radius 3 is 2.74 bits per heavy atom. The fraction of sp³-hybridized carbons (Fsp3) is 0.500. The molecule has 5 heteroatoms. The summed E-state index contributed by atoms with van der Waals surface area (Å²) in [7, 11) is 1.56. The van der Waals surface area contributed by atoms with Gasteiger partial charge in [0.25, 0.3) is 5.91 Å². The molecule has 0 heterocycles. The molecule has 1 amide bonds. The molecule has 1 aromatic carbocycles. The van der Waals surface area contributed by atoms with Gasteiger partial charge in [0.15, 0.2) is 18.1 Å². The minimum atomic E-state index is -0.261. The first-order valence-corrected chi connectivity index (χ1v) is 6.28. The van der Waals surface area contributed by atoms with Gasteiger partial charge >= 0.3 is 0 Å². The van der Waals surface area contributed by atoms with Crippen LogP contribution in [0.25, 0.3) is 0 Å². The minimum Gasteiger partial charge on any atom is -0.493 e. The molecule has 0 aromatic heterocycles. The number of aryl methyl sites for hydroxylation is 1. The van der Waals surface area contributed by atoms with Crippen molar-refractivity contribution in [3.8, 4) is 11.5 Å². The summed E-state index contributed by atoms with van der Waals surface area (Å²) in [6.45, 7) is 3.67. The average Bonchev–Trinajstić information content (AvgIpc) is 2.43. The lowest BCUT2D eigenvalue weighted by molar-refractivity contribution is -0.124. The van der Waals surface area contributed by atoms with Crippen LogP contribution in [-0.2, 0) is 4.79 Å². The Labute approximate surface area is 113 Å². The third kappa shape index (κ3) is 4.79. The Balaban J connectivity index is 2.54. The lowest BCUT2D eigenvalue weighted by Crippen LogP contribution is -2.39. The molecule has 0 saturated carbocycles. The van der Waals surface area contributed by atoms with E-state index in [9.17, 15) is 4.79 Å². The Bertz CT molecular complexity index is 416. The zero-order chi connectivity index (χ0) is 14.3. The third-order valence-electron chi connectivity index (χ3n) is 2.76. The van der Waals surface area contributed by atoms with Crippen LogP contribution >= 0.6 is 0 Å². The van der Waals surface area contributed by atoms with Gasteiger partial charge in [0.05, 0.1) is 19.8 Å². The van der Waals surface area contributed by atoms with Crippen molar-refractivity contribution in [1.82, 2.24) is 5.32 Å². The maximum Gasteiger partial charge on any atom is 0.258 e. The van der Waals surface area contributed by atoms with Crippen molar-refractivity contribution in [1.29, 1.82) is 0 Å². The summed E-state index contributed by atoms with van der Waals surface area (Å²) >= 11 is 0. The van der Waals surface area contributed by atoms with Crippen LogP contribution in [0.2, 0.25) is 0 Å². The number of carbonyl (C=O) groups is 1. The first-order valence-electron chi connectivity index (χ1n) is 6.28. The van der Waals surface area contributed by atoms with E-state index in [1.807, 2.05) is 26.0 Å². The predicted octanol–water partition coefficient (Wildman–Crippen LogP) is 1.27. The highest BCUT2D eigenvalue weighted by molar-refractivity contribution is 5.77. The maximum atomic E-state index is 11.6. The van der Waals surface area contributed by atoms with Gasteiger partial charge in [-0.3, -0.25) is 4.79 Å². The number of carbonyl (C=O) groups excluding carboxylic acids is 1. The summed E-state index contributed by atoms with van der Waals surface area (Å²) in [5.41, 5.74) is 1.06. The highest BCUT2D eigenvalue weighted by atomic mass is 16.5. The van der Waals surface area contributed by atoms with Crippen LogP contribution in [-0.4, -0.2) is 37.4 Å². The Hall–Kier alpha value is -1.75. The second kappa shape index (κ2) is 7.63. The topological polar surface area (TPSA) is 67.8 Å². The zero-order valence-corrected chi connectivity index (χ0v) is 11.6. The average molecular weight is 267 g/mol.